The van der Waals surface area contributed by atoms with Gasteiger partial charge in [-0.2, -0.15) is 5.26 Å². The molecular weight excluding hydrogens is 273 g/mol. The first-order valence-electron chi connectivity index (χ1n) is 6.64. The summed E-state index contributed by atoms with van der Waals surface area (Å²) in [5.74, 6) is -0.502. The number of carbonyl (C=O) groups excluding carboxylic acids is 1. The Morgan fingerprint density at radius 3 is 2.67 bits per heavy atom. The summed E-state index contributed by atoms with van der Waals surface area (Å²) >= 11 is 0. The predicted octanol–water partition coefficient (Wildman–Crippen LogP) is 3.02. The fourth-order valence-electron chi connectivity index (χ4n) is 1.57. The molecule has 0 aliphatic heterocycles. The molecule has 21 heavy (non-hydrogen) atoms. The average molecular weight is 293 g/mol. The van der Waals surface area contributed by atoms with E-state index in [-0.39, 0.29) is 23.8 Å². The van der Waals surface area contributed by atoms with E-state index < -0.39 is 17.5 Å². The highest BCUT2D eigenvalue weighted by molar-refractivity contribution is 5.67. The lowest BCUT2D eigenvalue weighted by atomic mass is 10.2. The molecule has 1 atom stereocenters. The number of nitriles is 1. The van der Waals surface area contributed by atoms with Crippen LogP contribution in [0.1, 0.15) is 33.3 Å². The number of benzene rings is 1. The van der Waals surface area contributed by atoms with Crippen LogP contribution < -0.4 is 10.6 Å². The molecule has 1 aromatic carbocycles. The highest BCUT2D eigenvalue weighted by atomic mass is 19.1. The lowest BCUT2D eigenvalue weighted by Crippen LogP contribution is -2.38. The van der Waals surface area contributed by atoms with Crippen LogP contribution in [0.25, 0.3) is 0 Å². The first-order chi connectivity index (χ1) is 9.71. The molecule has 0 aliphatic carbocycles. The monoisotopic (exact) mass is 293 g/mol. The van der Waals surface area contributed by atoms with E-state index in [1.807, 2.05) is 6.07 Å². The van der Waals surface area contributed by atoms with Gasteiger partial charge in [-0.05, 0) is 45.9 Å². The van der Waals surface area contributed by atoms with Crippen molar-refractivity contribution in [3.8, 4) is 6.07 Å². The van der Waals surface area contributed by atoms with E-state index in [2.05, 4.69) is 10.6 Å². The van der Waals surface area contributed by atoms with Crippen molar-refractivity contribution in [2.24, 2.45) is 0 Å². The number of hydrogen-bond donors (Lipinski definition) is 2. The van der Waals surface area contributed by atoms with Gasteiger partial charge in [0.15, 0.2) is 0 Å². The minimum atomic E-state index is -0.556. The standard InChI is InChI=1S/C15H20FN3O2/c1-10(9-18-14(20)21-15(2,3)4)19-13-6-5-11(8-17)7-12(13)16/h5-7,10,19H,9H2,1-4H3,(H,18,20). The van der Waals surface area contributed by atoms with Crippen molar-refractivity contribution < 1.29 is 13.9 Å². The lowest BCUT2D eigenvalue weighted by molar-refractivity contribution is 0.0526. The van der Waals surface area contributed by atoms with Crippen molar-refractivity contribution in [2.75, 3.05) is 11.9 Å². The van der Waals surface area contributed by atoms with Crippen LogP contribution in [-0.2, 0) is 4.74 Å². The second-order valence-corrected chi connectivity index (χ2v) is 5.73. The Bertz CT molecular complexity index is 547. The van der Waals surface area contributed by atoms with Crippen molar-refractivity contribution in [3.05, 3.63) is 29.6 Å². The molecule has 0 radical (unpaired) electrons. The Kier molecular flexibility index (Phi) is 5.53. The van der Waals surface area contributed by atoms with E-state index in [1.54, 1.807) is 27.7 Å². The molecule has 0 saturated carbocycles. The van der Waals surface area contributed by atoms with Gasteiger partial charge >= 0.3 is 6.09 Å². The van der Waals surface area contributed by atoms with Crippen LogP contribution in [0.5, 0.6) is 0 Å². The molecule has 2 N–H and O–H groups in total. The molecule has 114 valence electrons. The summed E-state index contributed by atoms with van der Waals surface area (Å²) in [6, 6.07) is 5.86. The number of nitrogens with zero attached hydrogens (tertiary/aromatic N) is 1. The first kappa shape index (κ1) is 16.8. The zero-order valence-corrected chi connectivity index (χ0v) is 12.7. The van der Waals surface area contributed by atoms with Crippen LogP contribution in [-0.4, -0.2) is 24.3 Å². The van der Waals surface area contributed by atoms with Crippen molar-refractivity contribution in [2.45, 2.75) is 39.3 Å². The number of nitrogens with one attached hydrogen (secondary N) is 2. The van der Waals surface area contributed by atoms with Gasteiger partial charge in [0.2, 0.25) is 0 Å². The van der Waals surface area contributed by atoms with Crippen LogP contribution >= 0.6 is 0 Å². The van der Waals surface area contributed by atoms with E-state index in [0.29, 0.717) is 0 Å². The first-order valence-corrected chi connectivity index (χ1v) is 6.64. The Labute approximate surface area is 124 Å². The lowest BCUT2D eigenvalue weighted by Gasteiger charge is -2.21. The van der Waals surface area contributed by atoms with Crippen LogP contribution in [0.2, 0.25) is 0 Å². The number of ether oxygens (including phenoxy) is 1. The van der Waals surface area contributed by atoms with Gasteiger partial charge in [-0.1, -0.05) is 0 Å². The number of amides is 1. The largest absolute Gasteiger partial charge is 0.444 e. The molecule has 0 aliphatic rings. The van der Waals surface area contributed by atoms with Crippen LogP contribution in [0.4, 0.5) is 14.9 Å². The fraction of sp³-hybridized carbons (Fsp3) is 0.467. The summed E-state index contributed by atoms with van der Waals surface area (Å²) in [6.07, 6.45) is -0.517. The Morgan fingerprint density at radius 1 is 1.48 bits per heavy atom. The minimum Gasteiger partial charge on any atom is -0.444 e. The molecule has 0 bridgehead atoms. The molecule has 6 heteroatoms. The molecule has 1 unspecified atom stereocenters. The van der Waals surface area contributed by atoms with Gasteiger partial charge in [-0.25, -0.2) is 9.18 Å². The van der Waals surface area contributed by atoms with Gasteiger partial charge in [-0.3, -0.25) is 0 Å². The highest BCUT2D eigenvalue weighted by Gasteiger charge is 2.16. The molecule has 1 aromatic rings. The summed E-state index contributed by atoms with van der Waals surface area (Å²) < 4.78 is 18.8. The van der Waals surface area contributed by atoms with E-state index in [0.717, 1.165) is 6.07 Å². The molecule has 0 heterocycles. The van der Waals surface area contributed by atoms with Gasteiger partial charge < -0.3 is 15.4 Å². The van der Waals surface area contributed by atoms with Crippen LogP contribution in [0, 0.1) is 17.1 Å². The van der Waals surface area contributed by atoms with E-state index in [4.69, 9.17) is 10.00 Å². The summed E-state index contributed by atoms with van der Waals surface area (Å²) in [6.45, 7) is 7.42. The van der Waals surface area contributed by atoms with Crippen LogP contribution in [0.3, 0.4) is 0 Å². The van der Waals surface area contributed by atoms with Crippen molar-refractivity contribution in [3.63, 3.8) is 0 Å². The Hall–Kier alpha value is -2.29. The number of hydrogen-bond acceptors (Lipinski definition) is 4. The smallest absolute Gasteiger partial charge is 0.407 e. The molecule has 0 fully saturated rings. The van der Waals surface area contributed by atoms with E-state index >= 15 is 0 Å². The third kappa shape index (κ3) is 6.13. The summed E-state index contributed by atoms with van der Waals surface area (Å²) in [5, 5.41) is 14.2. The third-order valence-corrected chi connectivity index (χ3v) is 2.45. The fourth-order valence-corrected chi connectivity index (χ4v) is 1.57. The molecule has 0 spiro atoms. The van der Waals surface area contributed by atoms with E-state index in [9.17, 15) is 9.18 Å². The zero-order chi connectivity index (χ0) is 16.0. The van der Waals surface area contributed by atoms with Gasteiger partial charge in [0.1, 0.15) is 11.4 Å². The Morgan fingerprint density at radius 2 is 2.14 bits per heavy atom. The summed E-state index contributed by atoms with van der Waals surface area (Å²) in [5.41, 5.74) is -0.00921. The second-order valence-electron chi connectivity index (χ2n) is 5.73. The van der Waals surface area contributed by atoms with Gasteiger partial charge in [0, 0.05) is 12.6 Å². The topological polar surface area (TPSA) is 74.2 Å². The maximum Gasteiger partial charge on any atom is 0.407 e. The molecule has 5 nitrogen and oxygen atoms in total. The van der Waals surface area contributed by atoms with Crippen molar-refractivity contribution in [1.29, 1.82) is 5.26 Å². The van der Waals surface area contributed by atoms with Gasteiger partial charge in [-0.15, -0.1) is 0 Å². The molecule has 1 rings (SSSR count). The summed E-state index contributed by atoms with van der Waals surface area (Å²) in [4.78, 5) is 11.5. The SMILES string of the molecule is CC(CNC(=O)OC(C)(C)C)Nc1ccc(C#N)cc1F. The number of alkyl carbamates (subject to hydrolysis) is 1. The molecule has 0 saturated heterocycles. The Balaban J connectivity index is 2.49. The maximum atomic E-state index is 13.7. The normalized spacial score (nSPS) is 12.2. The van der Waals surface area contributed by atoms with Gasteiger partial charge in [0.25, 0.3) is 0 Å². The van der Waals surface area contributed by atoms with Gasteiger partial charge in [0.05, 0.1) is 17.3 Å². The predicted molar refractivity (Wildman–Crippen MR) is 78.4 cm³/mol. The second kappa shape index (κ2) is 6.93. The van der Waals surface area contributed by atoms with E-state index in [1.165, 1.54) is 12.1 Å². The maximum absolute atomic E-state index is 13.7. The zero-order valence-electron chi connectivity index (χ0n) is 12.7. The van der Waals surface area contributed by atoms with Crippen molar-refractivity contribution >= 4 is 11.8 Å². The molecule has 0 aromatic heterocycles. The quantitative estimate of drug-likeness (QED) is 0.895. The van der Waals surface area contributed by atoms with Crippen molar-refractivity contribution in [1.82, 2.24) is 5.32 Å². The summed E-state index contributed by atoms with van der Waals surface area (Å²) in [7, 11) is 0. The number of rotatable bonds is 4. The third-order valence-electron chi connectivity index (χ3n) is 2.45. The minimum absolute atomic E-state index is 0.194. The number of carbonyl (C=O) groups is 1. The number of halogens is 1. The number of anilines is 1. The van der Waals surface area contributed by atoms with Crippen LogP contribution in [0.15, 0.2) is 18.2 Å². The molecular formula is C15H20FN3O2. The average Bonchev–Trinajstić information content (AvgIpc) is 2.37. The molecule has 1 amide bonds. The highest BCUT2D eigenvalue weighted by Crippen LogP contribution is 2.16.